The minimum Gasteiger partial charge on any atom is -0.480 e. The Bertz CT molecular complexity index is 497. The monoisotopic (exact) mass is 408 g/mol. The number of nitrogens with two attached hydrogens (primary N) is 1. The van der Waals surface area contributed by atoms with Gasteiger partial charge in [-0.25, -0.2) is 0 Å². The molecule has 1 rings (SSSR count). The lowest BCUT2D eigenvalue weighted by Crippen LogP contribution is -2.50. The Hall–Kier alpha value is -0.825. The molecular weight excluding hydrogens is 378 g/mol. The minimum atomic E-state index is -1.34. The molecule has 0 heterocycles. The summed E-state index contributed by atoms with van der Waals surface area (Å²) >= 11 is 0. The van der Waals surface area contributed by atoms with Gasteiger partial charge in [-0.15, -0.1) is 24.8 Å². The fourth-order valence-electron chi connectivity index (χ4n) is 2.65. The molecule has 5 N–H and O–H groups in total. The van der Waals surface area contributed by atoms with Gasteiger partial charge in [-0.05, 0) is 31.3 Å². The van der Waals surface area contributed by atoms with Gasteiger partial charge in [0.2, 0.25) is 0 Å². The largest absolute Gasteiger partial charge is 0.480 e. The normalized spacial score (nSPS) is 12.7. The summed E-state index contributed by atoms with van der Waals surface area (Å²) in [5.41, 5.74) is 6.02. The van der Waals surface area contributed by atoms with E-state index in [2.05, 4.69) is 17.0 Å². The number of carbonyl (C=O) groups is 1. The fraction of sp³-hybridized carbons (Fsp3) is 0.588. The summed E-state index contributed by atoms with van der Waals surface area (Å²) in [4.78, 5) is 13.7. The highest BCUT2D eigenvalue weighted by molar-refractivity contribution is 6.40. The third-order valence-corrected chi connectivity index (χ3v) is 4.33. The molecule has 1 atom stereocenters. The maximum Gasteiger partial charge on any atom is 0.451 e. The minimum absolute atomic E-state index is 0. The summed E-state index contributed by atoms with van der Waals surface area (Å²) in [6.45, 7) is 4.24. The van der Waals surface area contributed by atoms with Crippen molar-refractivity contribution in [1.29, 1.82) is 0 Å². The molecule has 1 aromatic carbocycles. The average Bonchev–Trinajstić information content (AvgIpc) is 2.56. The van der Waals surface area contributed by atoms with Crippen LogP contribution in [0.2, 0.25) is 6.32 Å². The molecule has 0 radical (unpaired) electrons. The van der Waals surface area contributed by atoms with Crippen LogP contribution in [0.1, 0.15) is 38.2 Å². The van der Waals surface area contributed by atoms with Crippen molar-refractivity contribution in [1.82, 2.24) is 4.90 Å². The molecule has 150 valence electrons. The van der Waals surface area contributed by atoms with Crippen molar-refractivity contribution in [2.45, 2.75) is 51.0 Å². The number of aliphatic carboxylic acids is 1. The van der Waals surface area contributed by atoms with Crippen molar-refractivity contribution in [2.75, 3.05) is 13.1 Å². The number of carboxylic acid groups (broad SMARTS) is 1. The van der Waals surface area contributed by atoms with E-state index in [1.807, 2.05) is 25.1 Å². The Morgan fingerprint density at radius 1 is 1.15 bits per heavy atom. The molecule has 1 aromatic rings. The van der Waals surface area contributed by atoms with Gasteiger partial charge < -0.3 is 20.9 Å². The summed E-state index contributed by atoms with van der Waals surface area (Å²) in [6.07, 6.45) is 2.05. The number of benzene rings is 1. The van der Waals surface area contributed by atoms with Crippen LogP contribution in [0.25, 0.3) is 0 Å². The van der Waals surface area contributed by atoms with Crippen molar-refractivity contribution < 1.29 is 19.9 Å². The highest BCUT2D eigenvalue weighted by Gasteiger charge is 2.33. The first-order valence-electron chi connectivity index (χ1n) is 8.52. The number of halogens is 2. The number of unbranched alkanes of at least 4 members (excludes halogenated alkanes) is 1. The van der Waals surface area contributed by atoms with Gasteiger partial charge in [-0.2, -0.15) is 0 Å². The molecule has 0 amide bonds. The molecule has 0 saturated heterocycles. The van der Waals surface area contributed by atoms with Crippen molar-refractivity contribution in [3.8, 4) is 0 Å². The van der Waals surface area contributed by atoms with Crippen LogP contribution >= 0.6 is 24.8 Å². The van der Waals surface area contributed by atoms with Crippen LogP contribution in [0, 0.1) is 0 Å². The second kappa shape index (κ2) is 14.3. The van der Waals surface area contributed by atoms with Crippen molar-refractivity contribution in [3.05, 3.63) is 35.9 Å². The standard InChI is InChI=1S/C17H29BN2O4.2ClH/c1-2-20(14-15-8-4-3-5-9-15)13-11-17(19,16(21)22)10-6-7-12-18(23)24;;/h3-5,8-9,23-24H,2,6-7,10-14,19H2,1H3,(H,21,22);2*1H. The zero-order valence-corrected chi connectivity index (χ0v) is 16.8. The van der Waals surface area contributed by atoms with Gasteiger partial charge in [-0.1, -0.05) is 50.1 Å². The second-order valence-electron chi connectivity index (χ2n) is 6.29. The predicted molar refractivity (Wildman–Crippen MR) is 110 cm³/mol. The van der Waals surface area contributed by atoms with Gasteiger partial charge in [0.1, 0.15) is 5.54 Å². The van der Waals surface area contributed by atoms with Crippen molar-refractivity contribution >= 4 is 37.9 Å². The molecule has 0 aliphatic rings. The molecule has 0 fully saturated rings. The summed E-state index contributed by atoms with van der Waals surface area (Å²) in [7, 11) is -1.34. The van der Waals surface area contributed by atoms with Gasteiger partial charge >= 0.3 is 13.1 Å². The fourth-order valence-corrected chi connectivity index (χ4v) is 2.65. The molecule has 9 heteroatoms. The van der Waals surface area contributed by atoms with E-state index in [9.17, 15) is 9.90 Å². The molecule has 0 bridgehead atoms. The number of rotatable bonds is 12. The summed E-state index contributed by atoms with van der Waals surface area (Å²) < 4.78 is 0. The van der Waals surface area contributed by atoms with E-state index in [1.54, 1.807) is 0 Å². The predicted octanol–water partition coefficient (Wildman–Crippen LogP) is 2.17. The number of hydrogen-bond donors (Lipinski definition) is 4. The average molecular weight is 409 g/mol. The van der Waals surface area contributed by atoms with Gasteiger partial charge in [0.15, 0.2) is 0 Å². The Labute approximate surface area is 168 Å². The smallest absolute Gasteiger partial charge is 0.451 e. The number of nitrogens with zero attached hydrogens (tertiary/aromatic N) is 1. The lowest BCUT2D eigenvalue weighted by Gasteiger charge is -2.29. The lowest BCUT2D eigenvalue weighted by molar-refractivity contribution is -0.144. The maximum absolute atomic E-state index is 11.6. The van der Waals surface area contributed by atoms with Crippen LogP contribution in [-0.4, -0.2) is 51.8 Å². The molecule has 1 unspecified atom stereocenters. The van der Waals surface area contributed by atoms with Crippen LogP contribution in [0.4, 0.5) is 0 Å². The molecule has 26 heavy (non-hydrogen) atoms. The Kier molecular flexibility index (Phi) is 15.0. The second-order valence-corrected chi connectivity index (χ2v) is 6.29. The Morgan fingerprint density at radius 3 is 2.27 bits per heavy atom. The van der Waals surface area contributed by atoms with Gasteiger partial charge in [0.05, 0.1) is 0 Å². The molecule has 0 aliphatic heterocycles. The van der Waals surface area contributed by atoms with E-state index in [-0.39, 0.29) is 31.1 Å². The van der Waals surface area contributed by atoms with E-state index in [0.717, 1.165) is 13.1 Å². The summed E-state index contributed by atoms with van der Waals surface area (Å²) in [5.74, 6) is -0.997. The first-order chi connectivity index (χ1) is 11.4. The van der Waals surface area contributed by atoms with Crippen LogP contribution < -0.4 is 5.73 Å². The topological polar surface area (TPSA) is 107 Å². The van der Waals surface area contributed by atoms with Crippen LogP contribution in [0.3, 0.4) is 0 Å². The molecule has 0 saturated carbocycles. The van der Waals surface area contributed by atoms with Crippen molar-refractivity contribution in [3.63, 3.8) is 0 Å². The molecular formula is C17H31BCl2N2O4. The number of hydrogen-bond acceptors (Lipinski definition) is 5. The first kappa shape index (κ1) is 27.4. The van der Waals surface area contributed by atoms with Gasteiger partial charge in [-0.3, -0.25) is 9.69 Å². The molecule has 0 aliphatic carbocycles. The summed E-state index contributed by atoms with van der Waals surface area (Å²) in [6, 6.07) is 10.1. The zero-order chi connectivity index (χ0) is 18.0. The maximum atomic E-state index is 11.6. The third-order valence-electron chi connectivity index (χ3n) is 4.33. The molecule has 0 spiro atoms. The first-order valence-corrected chi connectivity index (χ1v) is 8.52. The zero-order valence-electron chi connectivity index (χ0n) is 15.2. The van der Waals surface area contributed by atoms with Crippen molar-refractivity contribution in [2.24, 2.45) is 5.73 Å². The number of carboxylic acids is 1. The van der Waals surface area contributed by atoms with E-state index < -0.39 is 18.6 Å². The molecule has 0 aromatic heterocycles. The lowest BCUT2D eigenvalue weighted by atomic mass is 9.81. The van der Waals surface area contributed by atoms with Gasteiger partial charge in [0.25, 0.3) is 0 Å². The van der Waals surface area contributed by atoms with E-state index in [4.69, 9.17) is 15.8 Å². The third kappa shape index (κ3) is 10.4. The van der Waals surface area contributed by atoms with Crippen LogP contribution in [-0.2, 0) is 11.3 Å². The SMILES string of the molecule is CCN(CCC(N)(CCCCB(O)O)C(=O)O)Cc1ccccc1.Cl.Cl. The Morgan fingerprint density at radius 2 is 1.77 bits per heavy atom. The summed E-state index contributed by atoms with van der Waals surface area (Å²) in [5, 5.41) is 27.2. The van der Waals surface area contributed by atoms with E-state index in [1.165, 1.54) is 5.56 Å². The highest BCUT2D eigenvalue weighted by Crippen LogP contribution is 2.19. The van der Waals surface area contributed by atoms with E-state index >= 15 is 0 Å². The van der Waals surface area contributed by atoms with Crippen LogP contribution in [0.15, 0.2) is 30.3 Å². The highest BCUT2D eigenvalue weighted by atomic mass is 35.5. The molecule has 6 nitrogen and oxygen atoms in total. The van der Waals surface area contributed by atoms with Crippen LogP contribution in [0.5, 0.6) is 0 Å². The van der Waals surface area contributed by atoms with Gasteiger partial charge in [0, 0.05) is 13.1 Å². The van der Waals surface area contributed by atoms with E-state index in [0.29, 0.717) is 32.2 Å². The quantitative estimate of drug-likeness (QED) is 0.312. The Balaban J connectivity index is 0.